The van der Waals surface area contributed by atoms with Gasteiger partial charge in [0.05, 0.1) is 26.4 Å². The van der Waals surface area contributed by atoms with Gasteiger partial charge < -0.3 is 33.8 Å². The molecule has 0 aromatic heterocycles. The highest BCUT2D eigenvalue weighted by atomic mass is 31.2. The van der Waals surface area contributed by atoms with E-state index in [1.54, 1.807) is 0 Å². The van der Waals surface area contributed by atoms with Gasteiger partial charge in [0.1, 0.15) is 19.3 Å². The quantitative estimate of drug-likeness (QED) is 0.0169. The molecule has 0 aliphatic rings. The highest BCUT2D eigenvalue weighted by Crippen LogP contribution is 2.45. The first-order chi connectivity index (χ1) is 47.7. The van der Waals surface area contributed by atoms with E-state index in [2.05, 4.69) is 149 Å². The van der Waals surface area contributed by atoms with Crippen LogP contribution in [0.4, 0.5) is 0 Å². The predicted molar refractivity (Wildman–Crippen MR) is 399 cm³/mol. The molecular weight excluding hydrogens is 1280 g/mol. The van der Waals surface area contributed by atoms with Crippen LogP contribution in [0.15, 0.2) is 134 Å². The number of esters is 4. The Morgan fingerprint density at radius 1 is 0.296 bits per heavy atom. The Hall–Kier alpha value is -4.80. The summed E-state index contributed by atoms with van der Waals surface area (Å²) in [5.74, 6) is -2.32. The third-order valence-electron chi connectivity index (χ3n) is 15.1. The Labute approximate surface area is 593 Å². The average molecular weight is 1420 g/mol. The highest BCUT2D eigenvalue weighted by Gasteiger charge is 2.30. The first kappa shape index (κ1) is 93.2. The molecule has 0 saturated carbocycles. The lowest BCUT2D eigenvalue weighted by molar-refractivity contribution is -0.161. The van der Waals surface area contributed by atoms with Crippen LogP contribution in [-0.2, 0) is 65.4 Å². The fourth-order valence-electron chi connectivity index (χ4n) is 9.40. The monoisotopic (exact) mass is 1410 g/mol. The van der Waals surface area contributed by atoms with Crippen molar-refractivity contribution in [3.8, 4) is 0 Å². The van der Waals surface area contributed by atoms with E-state index in [9.17, 15) is 43.2 Å². The van der Waals surface area contributed by atoms with Crippen LogP contribution in [0, 0.1) is 0 Å². The second-order valence-corrected chi connectivity index (χ2v) is 27.4. The number of rotatable bonds is 69. The van der Waals surface area contributed by atoms with Crippen LogP contribution in [0.2, 0.25) is 0 Å². The Morgan fingerprint density at radius 3 is 0.918 bits per heavy atom. The average Bonchev–Trinajstić information content (AvgIpc) is 0.986. The van der Waals surface area contributed by atoms with E-state index in [0.717, 1.165) is 148 Å². The molecule has 0 aliphatic heterocycles. The van der Waals surface area contributed by atoms with Crippen LogP contribution in [0.3, 0.4) is 0 Å². The number of hydrogen-bond donors (Lipinski definition) is 3. The Morgan fingerprint density at radius 2 is 0.551 bits per heavy atom. The van der Waals surface area contributed by atoms with Gasteiger partial charge in [0.15, 0.2) is 12.2 Å². The van der Waals surface area contributed by atoms with Crippen molar-refractivity contribution in [2.75, 3.05) is 39.6 Å². The van der Waals surface area contributed by atoms with Gasteiger partial charge in [-0.1, -0.05) is 245 Å². The van der Waals surface area contributed by atoms with E-state index in [1.165, 1.54) is 51.4 Å². The number of hydrogen-bond acceptors (Lipinski definition) is 15. The molecule has 0 amide bonds. The number of aliphatic hydroxyl groups is 1. The summed E-state index contributed by atoms with van der Waals surface area (Å²) in [6, 6.07) is 0. The molecule has 0 radical (unpaired) electrons. The number of allylic oxidation sites excluding steroid dienone is 22. The van der Waals surface area contributed by atoms with Gasteiger partial charge in [-0.15, -0.1) is 0 Å². The van der Waals surface area contributed by atoms with Crippen LogP contribution in [0.5, 0.6) is 0 Å². The molecular formula is C79H132O17P2. The van der Waals surface area contributed by atoms with Crippen LogP contribution in [0.1, 0.15) is 285 Å². The van der Waals surface area contributed by atoms with Crippen LogP contribution < -0.4 is 0 Å². The van der Waals surface area contributed by atoms with Crippen molar-refractivity contribution in [1.82, 2.24) is 0 Å². The second-order valence-electron chi connectivity index (χ2n) is 24.5. The Kier molecular flexibility index (Phi) is 67.2. The van der Waals surface area contributed by atoms with Gasteiger partial charge in [0.2, 0.25) is 0 Å². The zero-order chi connectivity index (χ0) is 71.8. The molecule has 0 rings (SSSR count). The van der Waals surface area contributed by atoms with Gasteiger partial charge in [-0.2, -0.15) is 0 Å². The smallest absolute Gasteiger partial charge is 0.462 e. The molecule has 98 heavy (non-hydrogen) atoms. The van der Waals surface area contributed by atoms with Crippen molar-refractivity contribution in [2.45, 2.75) is 303 Å². The van der Waals surface area contributed by atoms with E-state index in [4.69, 9.17) is 37.0 Å². The van der Waals surface area contributed by atoms with Gasteiger partial charge in [-0.3, -0.25) is 37.3 Å². The lowest BCUT2D eigenvalue weighted by Gasteiger charge is -2.21. The summed E-state index contributed by atoms with van der Waals surface area (Å²) in [5.41, 5.74) is 0. The molecule has 560 valence electrons. The van der Waals surface area contributed by atoms with Crippen molar-refractivity contribution < 1.29 is 80.2 Å². The summed E-state index contributed by atoms with van der Waals surface area (Å²) in [7, 11) is -9.98. The van der Waals surface area contributed by atoms with Gasteiger partial charge in [-0.25, -0.2) is 9.13 Å². The number of aliphatic hydroxyl groups excluding tert-OH is 1. The van der Waals surface area contributed by atoms with Crippen molar-refractivity contribution in [2.24, 2.45) is 0 Å². The molecule has 3 N–H and O–H groups in total. The molecule has 5 atom stereocenters. The zero-order valence-electron chi connectivity index (χ0n) is 60.9. The normalized spacial score (nSPS) is 14.7. The Bertz CT molecular complexity index is 2380. The molecule has 0 aliphatic carbocycles. The number of ether oxygens (including phenoxy) is 4. The van der Waals surface area contributed by atoms with Crippen LogP contribution >= 0.6 is 15.6 Å². The maximum absolute atomic E-state index is 13.1. The summed E-state index contributed by atoms with van der Waals surface area (Å²) >= 11 is 0. The number of phosphoric acid groups is 2. The first-order valence-electron chi connectivity index (χ1n) is 37.4. The fraction of sp³-hybridized carbons (Fsp3) is 0.671. The minimum atomic E-state index is -4.99. The largest absolute Gasteiger partial charge is 0.472 e. The van der Waals surface area contributed by atoms with Crippen molar-refractivity contribution in [3.05, 3.63) is 134 Å². The summed E-state index contributed by atoms with van der Waals surface area (Å²) in [6.07, 6.45) is 77.5. The minimum Gasteiger partial charge on any atom is -0.462 e. The minimum absolute atomic E-state index is 0.0691. The maximum atomic E-state index is 13.1. The topological polar surface area (TPSA) is 237 Å². The van der Waals surface area contributed by atoms with Gasteiger partial charge in [0, 0.05) is 25.7 Å². The SMILES string of the molecule is CC/C=C\C/C=C\C/C=C\C/C=C\C/C=C\CCCC(=O)OCC(COP(=O)(O)OCC(O)COP(=O)(O)OCC(COC(=O)CCCC/C=C\C/C=C\C/C=C\C/C=C\CC)OC(=O)CCCCCCC/C=C\CCCC)OC(=O)CCCCCCC/C=C\CCCCCCCC. The number of phosphoric ester groups is 2. The van der Waals surface area contributed by atoms with Crippen LogP contribution in [0.25, 0.3) is 0 Å². The molecule has 0 saturated heterocycles. The standard InChI is InChI=1S/C79H132O17P2/c1-5-9-13-17-21-25-29-32-35-36-39-41-45-48-52-56-60-64-77(82)90-70-75(96-79(84)66-62-58-54-50-46-42-38-34-31-27-23-19-15-11-7-3)72-94-98(87,88)92-68-73(80)67-91-97(85,86)93-71-74(95-78(83)65-61-57-53-49-43-28-24-20-16-12-8-4)69-89-76(81)63-59-55-51-47-44-40-37-33-30-26-22-18-14-10-6-2/h9-10,13-14,20-22,24-26,32-35,37-39,41,44,47-48,52,73-75,80H,5-8,11-12,15-19,23,27-31,36,40,42-43,45-46,49-51,53-72H2,1-4H3,(H,85,86)(H,87,88)/b13-9-,14-10-,24-20-,25-21-,26-22-,35-32-,37-33-,38-34-,41-39-,47-44-,52-48-. The fourth-order valence-corrected chi connectivity index (χ4v) is 11.0. The molecule has 0 aromatic rings. The van der Waals surface area contributed by atoms with Crippen molar-refractivity contribution in [1.29, 1.82) is 0 Å². The van der Waals surface area contributed by atoms with E-state index in [0.29, 0.717) is 32.1 Å². The van der Waals surface area contributed by atoms with Gasteiger partial charge in [0.25, 0.3) is 0 Å². The molecule has 0 spiro atoms. The number of carbonyl (C=O) groups excluding carboxylic acids is 4. The summed E-state index contributed by atoms with van der Waals surface area (Å²) < 4.78 is 68.3. The predicted octanol–water partition coefficient (Wildman–Crippen LogP) is 21.3. The molecule has 0 fully saturated rings. The molecule has 0 aromatic carbocycles. The Balaban J connectivity index is 5.43. The van der Waals surface area contributed by atoms with E-state index < -0.39 is 97.5 Å². The summed E-state index contributed by atoms with van der Waals surface area (Å²) in [5, 5.41) is 10.6. The third-order valence-corrected chi connectivity index (χ3v) is 17.0. The summed E-state index contributed by atoms with van der Waals surface area (Å²) in [4.78, 5) is 72.7. The third kappa shape index (κ3) is 69.7. The van der Waals surface area contributed by atoms with Crippen molar-refractivity contribution in [3.63, 3.8) is 0 Å². The van der Waals surface area contributed by atoms with Gasteiger partial charge >= 0.3 is 39.5 Å². The van der Waals surface area contributed by atoms with Gasteiger partial charge in [-0.05, 0) is 148 Å². The summed E-state index contributed by atoms with van der Waals surface area (Å²) in [6.45, 7) is 4.45. The number of unbranched alkanes of at least 4 members (excludes halogenated alkanes) is 21. The second kappa shape index (κ2) is 70.6. The maximum Gasteiger partial charge on any atom is 0.472 e. The molecule has 17 nitrogen and oxygen atoms in total. The molecule has 0 heterocycles. The molecule has 19 heteroatoms. The lowest BCUT2D eigenvalue weighted by atomic mass is 10.1. The van der Waals surface area contributed by atoms with Crippen molar-refractivity contribution >= 4 is 39.5 Å². The van der Waals surface area contributed by atoms with E-state index in [1.807, 2.05) is 12.2 Å². The highest BCUT2D eigenvalue weighted by molar-refractivity contribution is 7.47. The van der Waals surface area contributed by atoms with E-state index >= 15 is 0 Å². The lowest BCUT2D eigenvalue weighted by Crippen LogP contribution is -2.30. The first-order valence-corrected chi connectivity index (χ1v) is 40.4. The van der Waals surface area contributed by atoms with Crippen LogP contribution in [-0.4, -0.2) is 96.7 Å². The van der Waals surface area contributed by atoms with E-state index in [-0.39, 0.29) is 25.7 Å². The number of carbonyl (C=O) groups is 4. The molecule has 5 unspecified atom stereocenters. The zero-order valence-corrected chi connectivity index (χ0v) is 62.7. The molecule has 0 bridgehead atoms.